The zero-order chi connectivity index (χ0) is 11.4. The van der Waals surface area contributed by atoms with Crippen LogP contribution in [0.2, 0.25) is 5.02 Å². The Balaban J connectivity index is 1.82. The molecule has 0 bridgehead atoms. The highest BCUT2D eigenvalue weighted by Gasteiger charge is 2.10. The Morgan fingerprint density at radius 1 is 1.31 bits per heavy atom. The van der Waals surface area contributed by atoms with Gasteiger partial charge in [0.1, 0.15) is 0 Å². The fourth-order valence-electron chi connectivity index (χ4n) is 2.00. The van der Waals surface area contributed by atoms with Crippen LogP contribution in [0.5, 0.6) is 0 Å². The molecule has 1 aromatic carbocycles. The lowest BCUT2D eigenvalue weighted by Gasteiger charge is -2.16. The van der Waals surface area contributed by atoms with E-state index < -0.39 is 0 Å². The Kier molecular flexibility index (Phi) is 4.50. The van der Waals surface area contributed by atoms with Crippen LogP contribution in [0, 0.1) is 0 Å². The number of benzene rings is 1. The molecule has 2 nitrogen and oxygen atoms in total. The smallest absolute Gasteiger partial charge is 0.0593 e. The van der Waals surface area contributed by atoms with Gasteiger partial charge in [0, 0.05) is 18.8 Å². The summed E-state index contributed by atoms with van der Waals surface area (Å²) in [6.45, 7) is 4.58. The molecule has 0 unspecified atom stereocenters. The van der Waals surface area contributed by atoms with Gasteiger partial charge >= 0.3 is 0 Å². The van der Waals surface area contributed by atoms with Crippen LogP contribution < -0.4 is 5.32 Å². The third-order valence-electron chi connectivity index (χ3n) is 2.89. The Labute approximate surface area is 110 Å². The molecule has 88 valence electrons. The number of hydrogen-bond acceptors (Lipinski definition) is 2. The van der Waals surface area contributed by atoms with E-state index in [0.29, 0.717) is 0 Å². The topological polar surface area (TPSA) is 15.3 Å². The fraction of sp³-hybridized carbons (Fsp3) is 0.500. The van der Waals surface area contributed by atoms with Crippen LogP contribution in [0.1, 0.15) is 12.8 Å². The van der Waals surface area contributed by atoms with Gasteiger partial charge in [0.2, 0.25) is 0 Å². The molecule has 4 heteroatoms. The van der Waals surface area contributed by atoms with Crippen molar-refractivity contribution in [3.05, 3.63) is 27.7 Å². The summed E-state index contributed by atoms with van der Waals surface area (Å²) in [5.74, 6) is 0. The highest BCUT2D eigenvalue weighted by Crippen LogP contribution is 2.29. The van der Waals surface area contributed by atoms with Crippen molar-refractivity contribution in [1.82, 2.24) is 4.90 Å². The second kappa shape index (κ2) is 5.89. The van der Waals surface area contributed by atoms with Gasteiger partial charge in [0.25, 0.3) is 0 Å². The molecule has 2 rings (SSSR count). The first-order valence-corrected chi connectivity index (χ1v) is 6.85. The van der Waals surface area contributed by atoms with Gasteiger partial charge < -0.3 is 10.2 Å². The van der Waals surface area contributed by atoms with Gasteiger partial charge in [-0.15, -0.1) is 0 Å². The van der Waals surface area contributed by atoms with E-state index in [2.05, 4.69) is 26.1 Å². The average molecular weight is 304 g/mol. The molecule has 0 atom stereocenters. The largest absolute Gasteiger partial charge is 0.383 e. The molecule has 1 N–H and O–H groups in total. The first kappa shape index (κ1) is 12.2. The van der Waals surface area contributed by atoms with E-state index in [9.17, 15) is 0 Å². The molecule has 1 fully saturated rings. The van der Waals surface area contributed by atoms with Crippen molar-refractivity contribution in [2.45, 2.75) is 12.8 Å². The van der Waals surface area contributed by atoms with Crippen LogP contribution in [-0.4, -0.2) is 31.1 Å². The summed E-state index contributed by atoms with van der Waals surface area (Å²) in [6.07, 6.45) is 2.70. The van der Waals surface area contributed by atoms with E-state index in [1.165, 1.54) is 25.9 Å². The quantitative estimate of drug-likeness (QED) is 0.914. The predicted molar refractivity (Wildman–Crippen MR) is 73.3 cm³/mol. The summed E-state index contributed by atoms with van der Waals surface area (Å²) in [4.78, 5) is 2.49. The summed E-state index contributed by atoms with van der Waals surface area (Å²) in [6, 6.07) is 5.89. The van der Waals surface area contributed by atoms with Gasteiger partial charge in [-0.05, 0) is 54.0 Å². The zero-order valence-electron chi connectivity index (χ0n) is 9.18. The Hall–Kier alpha value is -0.250. The van der Waals surface area contributed by atoms with Gasteiger partial charge in [-0.3, -0.25) is 0 Å². The monoisotopic (exact) mass is 302 g/mol. The van der Waals surface area contributed by atoms with Gasteiger partial charge in [0.05, 0.1) is 9.50 Å². The van der Waals surface area contributed by atoms with E-state index in [-0.39, 0.29) is 0 Å². The third-order valence-corrected chi connectivity index (χ3v) is 4.29. The van der Waals surface area contributed by atoms with Crippen molar-refractivity contribution in [1.29, 1.82) is 0 Å². The second-order valence-corrected chi connectivity index (χ2v) is 5.28. The first-order chi connectivity index (χ1) is 7.77. The SMILES string of the molecule is Clc1cccc(NCCN2CCCC2)c1Br. The van der Waals surface area contributed by atoms with Crippen LogP contribution in [0.4, 0.5) is 5.69 Å². The molecule has 0 radical (unpaired) electrons. The summed E-state index contributed by atoms with van der Waals surface area (Å²) >= 11 is 9.51. The van der Waals surface area contributed by atoms with Crippen molar-refractivity contribution in [2.75, 3.05) is 31.5 Å². The zero-order valence-corrected chi connectivity index (χ0v) is 11.5. The number of anilines is 1. The van der Waals surface area contributed by atoms with Crippen molar-refractivity contribution in [3.8, 4) is 0 Å². The lowest BCUT2D eigenvalue weighted by Crippen LogP contribution is -2.26. The molecule has 1 aliphatic heterocycles. The van der Waals surface area contributed by atoms with E-state index in [0.717, 1.165) is 28.3 Å². The van der Waals surface area contributed by atoms with Crippen LogP contribution in [0.3, 0.4) is 0 Å². The molecule has 0 saturated carbocycles. The molecule has 0 aromatic heterocycles. The highest BCUT2D eigenvalue weighted by atomic mass is 79.9. The number of hydrogen-bond donors (Lipinski definition) is 1. The Morgan fingerprint density at radius 3 is 2.81 bits per heavy atom. The average Bonchev–Trinajstić information content (AvgIpc) is 2.77. The standard InChI is InChI=1S/C12H16BrClN2/c13-12-10(14)4-3-5-11(12)15-6-9-16-7-1-2-8-16/h3-5,15H,1-2,6-9H2. The van der Waals surface area contributed by atoms with Crippen molar-refractivity contribution in [2.24, 2.45) is 0 Å². The van der Waals surface area contributed by atoms with E-state index in [1.807, 2.05) is 18.2 Å². The number of nitrogens with one attached hydrogen (secondary N) is 1. The highest BCUT2D eigenvalue weighted by molar-refractivity contribution is 9.10. The minimum Gasteiger partial charge on any atom is -0.383 e. The summed E-state index contributed by atoms with van der Waals surface area (Å²) < 4.78 is 0.957. The number of nitrogens with zero attached hydrogens (tertiary/aromatic N) is 1. The van der Waals surface area contributed by atoms with Gasteiger partial charge in [0.15, 0.2) is 0 Å². The summed E-state index contributed by atoms with van der Waals surface area (Å²) in [5, 5.41) is 4.16. The number of halogens is 2. The van der Waals surface area contributed by atoms with Gasteiger partial charge in [-0.25, -0.2) is 0 Å². The normalized spacial score (nSPS) is 16.6. The Morgan fingerprint density at radius 2 is 2.06 bits per heavy atom. The molecule has 1 aromatic rings. The van der Waals surface area contributed by atoms with Gasteiger partial charge in [-0.2, -0.15) is 0 Å². The van der Waals surface area contributed by atoms with Crippen molar-refractivity contribution >= 4 is 33.2 Å². The molecule has 0 aliphatic carbocycles. The summed E-state index contributed by atoms with van der Waals surface area (Å²) in [5.41, 5.74) is 1.08. The van der Waals surface area contributed by atoms with Crippen LogP contribution in [0.15, 0.2) is 22.7 Å². The molecule has 1 saturated heterocycles. The molecular weight excluding hydrogens is 288 g/mol. The van der Waals surface area contributed by atoms with E-state index in [4.69, 9.17) is 11.6 Å². The minimum atomic E-state index is 0.756. The fourth-order valence-corrected chi connectivity index (χ4v) is 2.57. The second-order valence-electron chi connectivity index (χ2n) is 4.08. The minimum absolute atomic E-state index is 0.756. The van der Waals surface area contributed by atoms with Crippen LogP contribution in [0.25, 0.3) is 0 Å². The molecular formula is C12H16BrClN2. The Bertz CT molecular complexity index is 351. The van der Waals surface area contributed by atoms with Crippen molar-refractivity contribution < 1.29 is 0 Å². The maximum absolute atomic E-state index is 6.02. The van der Waals surface area contributed by atoms with Gasteiger partial charge in [-0.1, -0.05) is 17.7 Å². The van der Waals surface area contributed by atoms with Crippen LogP contribution >= 0.6 is 27.5 Å². The molecule has 1 aliphatic rings. The van der Waals surface area contributed by atoms with E-state index >= 15 is 0 Å². The van der Waals surface area contributed by atoms with Crippen LogP contribution in [-0.2, 0) is 0 Å². The van der Waals surface area contributed by atoms with E-state index in [1.54, 1.807) is 0 Å². The lowest BCUT2D eigenvalue weighted by molar-refractivity contribution is 0.352. The first-order valence-electron chi connectivity index (χ1n) is 5.67. The predicted octanol–water partition coefficient (Wildman–Crippen LogP) is 3.61. The summed E-state index contributed by atoms with van der Waals surface area (Å²) in [7, 11) is 0. The lowest BCUT2D eigenvalue weighted by atomic mass is 10.3. The van der Waals surface area contributed by atoms with Crippen molar-refractivity contribution in [3.63, 3.8) is 0 Å². The maximum Gasteiger partial charge on any atom is 0.0593 e. The molecule has 1 heterocycles. The molecule has 0 amide bonds. The maximum atomic E-state index is 6.02. The number of rotatable bonds is 4. The molecule has 0 spiro atoms. The number of likely N-dealkylation sites (tertiary alicyclic amines) is 1. The molecule has 16 heavy (non-hydrogen) atoms. The third kappa shape index (κ3) is 3.12.